The van der Waals surface area contributed by atoms with Gasteiger partial charge in [0, 0.05) is 25.2 Å². The highest BCUT2D eigenvalue weighted by atomic mass is 32.2. The summed E-state index contributed by atoms with van der Waals surface area (Å²) in [6.45, 7) is 5.49. The molecule has 3 heterocycles. The Kier molecular flexibility index (Phi) is 5.79. The number of carbonyl (C=O) groups is 1. The lowest BCUT2D eigenvalue weighted by molar-refractivity contribution is 0.0702. The Labute approximate surface area is 155 Å². The molecule has 2 atom stereocenters. The van der Waals surface area contributed by atoms with Gasteiger partial charge in [-0.1, -0.05) is 6.92 Å². The smallest absolute Gasteiger partial charge is 0.274 e. The standard InChI is InChI=1S/C18H28N4O3S/c1-3-14-7-5-6-9-22(14)17-12-19-16(11-20-17)18(23)21(4-2)15-8-10-26(24,25)13-15/h11-12,14-15H,3-10,13H2,1-2H3. The fourth-order valence-corrected chi connectivity index (χ4v) is 5.77. The lowest BCUT2D eigenvalue weighted by Gasteiger charge is -2.36. The summed E-state index contributed by atoms with van der Waals surface area (Å²) in [4.78, 5) is 25.5. The summed E-state index contributed by atoms with van der Waals surface area (Å²) >= 11 is 0. The molecule has 0 spiro atoms. The number of hydrogen-bond donors (Lipinski definition) is 0. The van der Waals surface area contributed by atoms with Gasteiger partial charge in [0.05, 0.1) is 23.9 Å². The molecule has 1 aromatic rings. The molecule has 0 bridgehead atoms. The zero-order chi connectivity index (χ0) is 18.7. The van der Waals surface area contributed by atoms with E-state index in [1.807, 2.05) is 6.92 Å². The lowest BCUT2D eigenvalue weighted by Crippen LogP contribution is -2.42. The number of anilines is 1. The van der Waals surface area contributed by atoms with Gasteiger partial charge in [-0.2, -0.15) is 0 Å². The molecular weight excluding hydrogens is 352 g/mol. The average Bonchev–Trinajstić information content (AvgIpc) is 3.02. The van der Waals surface area contributed by atoms with Crippen LogP contribution in [0.4, 0.5) is 5.82 Å². The van der Waals surface area contributed by atoms with Crippen LogP contribution >= 0.6 is 0 Å². The van der Waals surface area contributed by atoms with Gasteiger partial charge < -0.3 is 9.80 Å². The lowest BCUT2D eigenvalue weighted by atomic mass is 10.0. The predicted octanol–water partition coefficient (Wildman–Crippen LogP) is 1.89. The van der Waals surface area contributed by atoms with Gasteiger partial charge in [-0.15, -0.1) is 0 Å². The van der Waals surface area contributed by atoms with Crippen molar-refractivity contribution in [1.82, 2.24) is 14.9 Å². The monoisotopic (exact) mass is 380 g/mol. The molecule has 26 heavy (non-hydrogen) atoms. The number of piperidine rings is 1. The number of amides is 1. The number of aromatic nitrogens is 2. The summed E-state index contributed by atoms with van der Waals surface area (Å²) in [5.41, 5.74) is 0.282. The second-order valence-corrected chi connectivity index (χ2v) is 9.39. The first-order chi connectivity index (χ1) is 12.4. The van der Waals surface area contributed by atoms with E-state index in [9.17, 15) is 13.2 Å². The third-order valence-electron chi connectivity index (χ3n) is 5.50. The third kappa shape index (κ3) is 4.00. The highest BCUT2D eigenvalue weighted by molar-refractivity contribution is 7.91. The van der Waals surface area contributed by atoms with Crippen molar-refractivity contribution in [2.24, 2.45) is 0 Å². The van der Waals surface area contributed by atoms with Crippen LogP contribution < -0.4 is 4.90 Å². The van der Waals surface area contributed by atoms with Crippen molar-refractivity contribution >= 4 is 21.6 Å². The van der Waals surface area contributed by atoms with Gasteiger partial charge in [0.15, 0.2) is 9.84 Å². The molecule has 2 unspecified atom stereocenters. The first-order valence-corrected chi connectivity index (χ1v) is 11.4. The van der Waals surface area contributed by atoms with E-state index in [1.54, 1.807) is 11.1 Å². The minimum Gasteiger partial charge on any atom is -0.352 e. The van der Waals surface area contributed by atoms with E-state index in [1.165, 1.54) is 19.0 Å². The highest BCUT2D eigenvalue weighted by Crippen LogP contribution is 2.25. The van der Waals surface area contributed by atoms with Crippen LogP contribution in [0.15, 0.2) is 12.4 Å². The summed E-state index contributed by atoms with van der Waals surface area (Å²) in [5.74, 6) is 0.780. The zero-order valence-corrected chi connectivity index (χ0v) is 16.4. The predicted molar refractivity (Wildman–Crippen MR) is 101 cm³/mol. The molecule has 144 valence electrons. The highest BCUT2D eigenvalue weighted by Gasteiger charge is 2.34. The Balaban J connectivity index is 1.73. The van der Waals surface area contributed by atoms with E-state index in [2.05, 4.69) is 21.8 Å². The quantitative estimate of drug-likeness (QED) is 0.776. The summed E-state index contributed by atoms with van der Waals surface area (Å²) in [7, 11) is -3.03. The Hall–Kier alpha value is -1.70. The number of rotatable bonds is 5. The van der Waals surface area contributed by atoms with Crippen molar-refractivity contribution in [2.45, 2.75) is 58.0 Å². The Bertz CT molecular complexity index is 735. The molecule has 1 amide bonds. The van der Waals surface area contributed by atoms with Crippen molar-refractivity contribution in [3.05, 3.63) is 18.1 Å². The maximum Gasteiger partial charge on any atom is 0.274 e. The molecule has 7 nitrogen and oxygen atoms in total. The molecule has 2 aliphatic heterocycles. The molecule has 0 aromatic carbocycles. The van der Waals surface area contributed by atoms with Gasteiger partial charge in [0.1, 0.15) is 11.5 Å². The van der Waals surface area contributed by atoms with Gasteiger partial charge in [-0.05, 0) is 39.0 Å². The Morgan fingerprint density at radius 3 is 2.62 bits per heavy atom. The minimum absolute atomic E-state index is 0.0457. The third-order valence-corrected chi connectivity index (χ3v) is 7.25. The molecule has 0 radical (unpaired) electrons. The number of hydrogen-bond acceptors (Lipinski definition) is 6. The molecular formula is C18H28N4O3S. The van der Waals surface area contributed by atoms with Crippen molar-refractivity contribution in [2.75, 3.05) is 29.5 Å². The van der Waals surface area contributed by atoms with Gasteiger partial charge in [-0.25, -0.2) is 18.4 Å². The molecule has 0 saturated carbocycles. The molecule has 0 aliphatic carbocycles. The normalized spacial score (nSPS) is 25.2. The Morgan fingerprint density at radius 1 is 1.23 bits per heavy atom. The van der Waals surface area contributed by atoms with Crippen molar-refractivity contribution in [1.29, 1.82) is 0 Å². The fourth-order valence-electron chi connectivity index (χ4n) is 4.04. The van der Waals surface area contributed by atoms with Crippen LogP contribution in [0.5, 0.6) is 0 Å². The van der Waals surface area contributed by atoms with Gasteiger partial charge >= 0.3 is 0 Å². The Morgan fingerprint density at radius 2 is 2.04 bits per heavy atom. The summed E-state index contributed by atoms with van der Waals surface area (Å²) in [6, 6.07) is 0.223. The molecule has 1 aromatic heterocycles. The van der Waals surface area contributed by atoms with E-state index in [4.69, 9.17) is 0 Å². The molecule has 2 saturated heterocycles. The minimum atomic E-state index is -3.03. The maximum absolute atomic E-state index is 12.8. The largest absolute Gasteiger partial charge is 0.352 e. The SMILES string of the molecule is CCC1CCCCN1c1cnc(C(=O)N(CC)C2CCS(=O)(=O)C2)cn1. The first kappa shape index (κ1) is 19.1. The van der Waals surface area contributed by atoms with E-state index >= 15 is 0 Å². The topological polar surface area (TPSA) is 83.5 Å². The van der Waals surface area contributed by atoms with E-state index < -0.39 is 9.84 Å². The number of carbonyl (C=O) groups excluding carboxylic acids is 1. The second-order valence-electron chi connectivity index (χ2n) is 7.16. The van der Waals surface area contributed by atoms with Crippen LogP contribution in [0, 0.1) is 0 Å². The molecule has 3 rings (SSSR count). The van der Waals surface area contributed by atoms with Gasteiger partial charge in [0.25, 0.3) is 5.91 Å². The van der Waals surface area contributed by atoms with E-state index in [-0.39, 0.29) is 29.1 Å². The molecule has 2 aliphatic rings. The van der Waals surface area contributed by atoms with Crippen LogP contribution in [-0.4, -0.2) is 65.9 Å². The van der Waals surface area contributed by atoms with Crippen LogP contribution in [0.3, 0.4) is 0 Å². The summed E-state index contributed by atoms with van der Waals surface area (Å²) in [5, 5.41) is 0. The second kappa shape index (κ2) is 7.90. The van der Waals surface area contributed by atoms with E-state index in [0.29, 0.717) is 19.0 Å². The molecule has 8 heteroatoms. The number of nitrogens with zero attached hydrogens (tertiary/aromatic N) is 4. The zero-order valence-electron chi connectivity index (χ0n) is 15.6. The average molecular weight is 381 g/mol. The van der Waals surface area contributed by atoms with Crippen LogP contribution in [0.1, 0.15) is 56.4 Å². The first-order valence-electron chi connectivity index (χ1n) is 9.55. The van der Waals surface area contributed by atoms with Gasteiger partial charge in [-0.3, -0.25) is 4.79 Å². The summed E-state index contributed by atoms with van der Waals surface area (Å²) in [6.07, 6.45) is 8.35. The van der Waals surface area contributed by atoms with Crippen LogP contribution in [-0.2, 0) is 9.84 Å². The van der Waals surface area contributed by atoms with Gasteiger partial charge in [0.2, 0.25) is 0 Å². The van der Waals surface area contributed by atoms with Crippen molar-refractivity contribution in [3.8, 4) is 0 Å². The molecule has 2 fully saturated rings. The van der Waals surface area contributed by atoms with Crippen LogP contribution in [0.25, 0.3) is 0 Å². The fraction of sp³-hybridized carbons (Fsp3) is 0.722. The van der Waals surface area contributed by atoms with Crippen molar-refractivity contribution in [3.63, 3.8) is 0 Å². The maximum atomic E-state index is 12.8. The number of sulfone groups is 1. The van der Waals surface area contributed by atoms with Crippen LogP contribution in [0.2, 0.25) is 0 Å². The summed E-state index contributed by atoms with van der Waals surface area (Å²) < 4.78 is 23.5. The van der Waals surface area contributed by atoms with Crippen molar-refractivity contribution < 1.29 is 13.2 Å². The molecule has 0 N–H and O–H groups in total. The van der Waals surface area contributed by atoms with E-state index in [0.717, 1.165) is 25.2 Å².